The highest BCUT2D eigenvalue weighted by Crippen LogP contribution is 2.26. The first kappa shape index (κ1) is 9.97. The fourth-order valence-electron chi connectivity index (χ4n) is 1.91. The van der Waals surface area contributed by atoms with Crippen molar-refractivity contribution in [2.75, 3.05) is 5.32 Å². The van der Waals surface area contributed by atoms with Crippen molar-refractivity contribution in [2.45, 2.75) is 25.3 Å². The molecular weight excluding hydrogens is 186 g/mol. The predicted octanol–water partition coefficient (Wildman–Crippen LogP) is 2.56. The first-order chi connectivity index (χ1) is 7.31. The van der Waals surface area contributed by atoms with Gasteiger partial charge in [-0.05, 0) is 18.1 Å². The third-order valence-corrected chi connectivity index (χ3v) is 2.75. The molecule has 0 aromatic heterocycles. The van der Waals surface area contributed by atoms with Gasteiger partial charge in [0.2, 0.25) is 0 Å². The zero-order valence-electron chi connectivity index (χ0n) is 8.70. The summed E-state index contributed by atoms with van der Waals surface area (Å²) in [5.41, 5.74) is 2.35. The average Bonchev–Trinajstić information content (AvgIpc) is 2.69. The Morgan fingerprint density at radius 1 is 1.53 bits per heavy atom. The summed E-state index contributed by atoms with van der Waals surface area (Å²) in [7, 11) is 0. The SMILES string of the molecule is C=CCCC(=O)C1Cc2ccccc2N1. The van der Waals surface area contributed by atoms with Crippen LogP contribution < -0.4 is 5.32 Å². The largest absolute Gasteiger partial charge is 0.375 e. The van der Waals surface area contributed by atoms with Gasteiger partial charge in [0.1, 0.15) is 0 Å². The lowest BCUT2D eigenvalue weighted by Crippen LogP contribution is -2.26. The van der Waals surface area contributed by atoms with Gasteiger partial charge in [0.05, 0.1) is 6.04 Å². The van der Waals surface area contributed by atoms with E-state index < -0.39 is 0 Å². The van der Waals surface area contributed by atoms with Crippen LogP contribution in [-0.2, 0) is 11.2 Å². The van der Waals surface area contributed by atoms with Gasteiger partial charge in [0.15, 0.2) is 5.78 Å². The summed E-state index contributed by atoms with van der Waals surface area (Å²) in [6, 6.07) is 8.07. The number of ketones is 1. The second-order valence-corrected chi connectivity index (χ2v) is 3.85. The molecule has 15 heavy (non-hydrogen) atoms. The fraction of sp³-hybridized carbons (Fsp3) is 0.308. The Morgan fingerprint density at radius 2 is 2.33 bits per heavy atom. The van der Waals surface area contributed by atoms with Crippen molar-refractivity contribution in [1.82, 2.24) is 0 Å². The number of carbonyl (C=O) groups excluding carboxylic acids is 1. The lowest BCUT2D eigenvalue weighted by molar-refractivity contribution is -0.119. The van der Waals surface area contributed by atoms with Crippen LogP contribution in [0.3, 0.4) is 0 Å². The number of rotatable bonds is 4. The third kappa shape index (κ3) is 2.09. The predicted molar refractivity (Wildman–Crippen MR) is 62.0 cm³/mol. The van der Waals surface area contributed by atoms with Crippen molar-refractivity contribution in [3.8, 4) is 0 Å². The maximum atomic E-state index is 11.8. The van der Waals surface area contributed by atoms with Crippen LogP contribution in [0.2, 0.25) is 0 Å². The van der Waals surface area contributed by atoms with E-state index in [0.717, 1.165) is 18.5 Å². The van der Waals surface area contributed by atoms with Gasteiger partial charge < -0.3 is 5.32 Å². The highest BCUT2D eigenvalue weighted by atomic mass is 16.1. The molecule has 1 aromatic rings. The second kappa shape index (κ2) is 4.30. The third-order valence-electron chi connectivity index (χ3n) is 2.75. The zero-order chi connectivity index (χ0) is 10.7. The molecular formula is C13H15NO. The van der Waals surface area contributed by atoms with Gasteiger partial charge in [-0.2, -0.15) is 0 Å². The van der Waals surface area contributed by atoms with E-state index in [9.17, 15) is 4.79 Å². The number of hydrogen-bond acceptors (Lipinski definition) is 2. The number of nitrogens with one attached hydrogen (secondary N) is 1. The van der Waals surface area contributed by atoms with E-state index in [-0.39, 0.29) is 11.8 Å². The standard InChI is InChI=1S/C13H15NO/c1-2-3-8-13(15)12-9-10-6-4-5-7-11(10)14-12/h2,4-7,12,14H,1,3,8-9H2. The van der Waals surface area contributed by atoms with E-state index in [1.54, 1.807) is 6.08 Å². The fourth-order valence-corrected chi connectivity index (χ4v) is 1.91. The van der Waals surface area contributed by atoms with Gasteiger partial charge in [0, 0.05) is 18.5 Å². The number of fused-ring (bicyclic) bond motifs is 1. The minimum absolute atomic E-state index is 0.0256. The molecule has 1 aromatic carbocycles. The molecule has 0 amide bonds. The van der Waals surface area contributed by atoms with Crippen LogP contribution in [0.4, 0.5) is 5.69 Å². The van der Waals surface area contributed by atoms with E-state index in [4.69, 9.17) is 0 Å². The number of para-hydroxylation sites is 1. The molecule has 1 aliphatic rings. The van der Waals surface area contributed by atoms with E-state index in [2.05, 4.69) is 18.0 Å². The van der Waals surface area contributed by atoms with E-state index >= 15 is 0 Å². The minimum atomic E-state index is -0.0256. The summed E-state index contributed by atoms with van der Waals surface area (Å²) >= 11 is 0. The quantitative estimate of drug-likeness (QED) is 0.758. The summed E-state index contributed by atoms with van der Waals surface area (Å²) in [5.74, 6) is 0.283. The van der Waals surface area contributed by atoms with Crippen molar-refractivity contribution < 1.29 is 4.79 Å². The lowest BCUT2D eigenvalue weighted by atomic mass is 10.0. The van der Waals surface area contributed by atoms with Gasteiger partial charge >= 0.3 is 0 Å². The summed E-state index contributed by atoms with van der Waals surface area (Å²) in [4.78, 5) is 11.8. The molecule has 1 N–H and O–H groups in total. The van der Waals surface area contributed by atoms with Crippen molar-refractivity contribution in [1.29, 1.82) is 0 Å². The summed E-state index contributed by atoms with van der Waals surface area (Å²) in [6.07, 6.45) is 3.98. The number of Topliss-reactive ketones (excluding diaryl/α,β-unsaturated/α-hetero) is 1. The molecule has 1 unspecified atom stereocenters. The summed E-state index contributed by atoms with van der Waals surface area (Å²) in [6.45, 7) is 3.63. The Hall–Kier alpha value is -1.57. The number of hydrogen-bond donors (Lipinski definition) is 1. The molecule has 0 aliphatic carbocycles. The lowest BCUT2D eigenvalue weighted by Gasteiger charge is -2.08. The van der Waals surface area contributed by atoms with Crippen LogP contribution in [0.15, 0.2) is 36.9 Å². The Kier molecular flexibility index (Phi) is 2.86. The van der Waals surface area contributed by atoms with Gasteiger partial charge in [0.25, 0.3) is 0 Å². The molecule has 0 saturated heterocycles. The van der Waals surface area contributed by atoms with Crippen molar-refractivity contribution in [3.05, 3.63) is 42.5 Å². The van der Waals surface area contributed by atoms with E-state index in [0.29, 0.717) is 6.42 Å². The molecule has 1 atom stereocenters. The van der Waals surface area contributed by atoms with E-state index in [1.807, 2.05) is 18.2 Å². The van der Waals surface area contributed by atoms with Gasteiger partial charge in [-0.15, -0.1) is 6.58 Å². The van der Waals surface area contributed by atoms with Crippen LogP contribution in [0.25, 0.3) is 0 Å². The average molecular weight is 201 g/mol. The minimum Gasteiger partial charge on any atom is -0.375 e. The van der Waals surface area contributed by atoms with Crippen LogP contribution in [-0.4, -0.2) is 11.8 Å². The topological polar surface area (TPSA) is 29.1 Å². The molecule has 0 bridgehead atoms. The van der Waals surface area contributed by atoms with Crippen LogP contribution in [0.5, 0.6) is 0 Å². The second-order valence-electron chi connectivity index (χ2n) is 3.85. The molecule has 0 saturated carbocycles. The van der Waals surface area contributed by atoms with Gasteiger partial charge in [-0.1, -0.05) is 24.3 Å². The Labute approximate surface area is 90.0 Å². The monoisotopic (exact) mass is 201 g/mol. The van der Waals surface area contributed by atoms with Gasteiger partial charge in [-0.3, -0.25) is 4.79 Å². The molecule has 1 heterocycles. The Morgan fingerprint density at radius 3 is 3.07 bits per heavy atom. The van der Waals surface area contributed by atoms with Crippen LogP contribution >= 0.6 is 0 Å². The smallest absolute Gasteiger partial charge is 0.155 e. The highest BCUT2D eigenvalue weighted by molar-refractivity contribution is 5.89. The molecule has 1 aliphatic heterocycles. The van der Waals surface area contributed by atoms with Crippen molar-refractivity contribution in [3.63, 3.8) is 0 Å². The van der Waals surface area contributed by atoms with Crippen LogP contribution in [0.1, 0.15) is 18.4 Å². The first-order valence-electron chi connectivity index (χ1n) is 5.29. The summed E-state index contributed by atoms with van der Waals surface area (Å²) < 4.78 is 0. The Balaban J connectivity index is 2.00. The number of anilines is 1. The van der Waals surface area contributed by atoms with E-state index in [1.165, 1.54) is 5.56 Å². The van der Waals surface area contributed by atoms with Crippen molar-refractivity contribution >= 4 is 11.5 Å². The number of benzene rings is 1. The molecule has 0 radical (unpaired) electrons. The molecule has 2 rings (SSSR count). The number of carbonyl (C=O) groups is 1. The highest BCUT2D eigenvalue weighted by Gasteiger charge is 2.25. The maximum Gasteiger partial charge on any atom is 0.155 e. The molecule has 78 valence electrons. The zero-order valence-corrected chi connectivity index (χ0v) is 8.70. The Bertz CT molecular complexity index is 359. The maximum absolute atomic E-state index is 11.8. The number of allylic oxidation sites excluding steroid dienone is 1. The summed E-state index contributed by atoms with van der Waals surface area (Å²) in [5, 5.41) is 3.26. The first-order valence-corrected chi connectivity index (χ1v) is 5.29. The van der Waals surface area contributed by atoms with Gasteiger partial charge in [-0.25, -0.2) is 0 Å². The molecule has 2 heteroatoms. The van der Waals surface area contributed by atoms with Crippen molar-refractivity contribution in [2.24, 2.45) is 0 Å². The molecule has 0 spiro atoms. The molecule has 0 fully saturated rings. The molecule has 2 nitrogen and oxygen atoms in total. The van der Waals surface area contributed by atoms with Crippen LogP contribution in [0, 0.1) is 0 Å². The normalized spacial score (nSPS) is 18.0.